The molecule has 2 aromatic carbocycles. The number of nitrogens with one attached hydrogen (secondary N) is 2. The number of carbonyl (C=O) groups is 2. The predicted octanol–water partition coefficient (Wildman–Crippen LogP) is 4.16. The summed E-state index contributed by atoms with van der Waals surface area (Å²) in [7, 11) is 6.83. The Hall–Kier alpha value is -3.02. The number of nitrogens with zero attached hydrogens (tertiary/aromatic N) is 2. The van der Waals surface area contributed by atoms with Crippen LogP contribution in [0.2, 0.25) is 0 Å². The van der Waals surface area contributed by atoms with E-state index in [1.807, 2.05) is 50.2 Å². The lowest BCUT2D eigenvalue weighted by atomic mass is 10.00. The molecule has 6 heteroatoms. The SMILES string of the molecule is Cc1cc(-c2ccc(NC(=O)N(C)C)c(C)c2)ccc1NC(=O)N(C)C. The van der Waals surface area contributed by atoms with Gasteiger partial charge in [-0.2, -0.15) is 0 Å². The number of benzene rings is 2. The molecule has 0 heterocycles. The van der Waals surface area contributed by atoms with Crippen molar-refractivity contribution < 1.29 is 9.59 Å². The van der Waals surface area contributed by atoms with Crippen LogP contribution in [0.15, 0.2) is 36.4 Å². The molecule has 0 bridgehead atoms. The maximum Gasteiger partial charge on any atom is 0.321 e. The van der Waals surface area contributed by atoms with Crippen LogP contribution in [0.4, 0.5) is 21.0 Å². The van der Waals surface area contributed by atoms with Crippen molar-refractivity contribution in [3.8, 4) is 11.1 Å². The first-order chi connectivity index (χ1) is 12.2. The van der Waals surface area contributed by atoms with E-state index in [4.69, 9.17) is 0 Å². The van der Waals surface area contributed by atoms with Gasteiger partial charge in [0.2, 0.25) is 0 Å². The number of carbonyl (C=O) groups excluding carboxylic acids is 2. The number of hydrogen-bond acceptors (Lipinski definition) is 2. The van der Waals surface area contributed by atoms with Crippen molar-refractivity contribution in [2.75, 3.05) is 38.8 Å². The zero-order valence-corrected chi connectivity index (χ0v) is 16.2. The number of anilines is 2. The third-order valence-corrected chi connectivity index (χ3v) is 4.08. The molecule has 0 aliphatic heterocycles. The van der Waals surface area contributed by atoms with Crippen molar-refractivity contribution in [2.45, 2.75) is 13.8 Å². The van der Waals surface area contributed by atoms with E-state index in [2.05, 4.69) is 10.6 Å². The van der Waals surface area contributed by atoms with Gasteiger partial charge in [0.05, 0.1) is 0 Å². The molecule has 0 unspecified atom stereocenters. The Labute approximate surface area is 154 Å². The molecule has 0 aliphatic rings. The fourth-order valence-electron chi connectivity index (χ4n) is 2.42. The molecule has 0 saturated heterocycles. The van der Waals surface area contributed by atoms with Crippen LogP contribution < -0.4 is 10.6 Å². The Morgan fingerprint density at radius 1 is 0.692 bits per heavy atom. The van der Waals surface area contributed by atoms with Crippen molar-refractivity contribution in [3.63, 3.8) is 0 Å². The number of amides is 4. The second-order valence-electron chi connectivity index (χ2n) is 6.71. The van der Waals surface area contributed by atoms with Crippen LogP contribution in [0, 0.1) is 13.8 Å². The van der Waals surface area contributed by atoms with E-state index >= 15 is 0 Å². The van der Waals surface area contributed by atoms with Crippen LogP contribution in [-0.2, 0) is 0 Å². The van der Waals surface area contributed by atoms with Crippen molar-refractivity contribution in [3.05, 3.63) is 47.5 Å². The molecule has 0 aromatic heterocycles. The smallest absolute Gasteiger partial charge is 0.321 e. The summed E-state index contributed by atoms with van der Waals surface area (Å²) >= 11 is 0. The molecule has 26 heavy (non-hydrogen) atoms. The third-order valence-electron chi connectivity index (χ3n) is 4.08. The van der Waals surface area contributed by atoms with Gasteiger partial charge in [0.1, 0.15) is 0 Å². The van der Waals surface area contributed by atoms with Gasteiger partial charge in [-0.3, -0.25) is 0 Å². The van der Waals surface area contributed by atoms with E-state index in [1.165, 1.54) is 9.80 Å². The zero-order valence-electron chi connectivity index (χ0n) is 16.2. The van der Waals surface area contributed by atoms with Crippen LogP contribution in [0.25, 0.3) is 11.1 Å². The maximum absolute atomic E-state index is 11.8. The fourth-order valence-corrected chi connectivity index (χ4v) is 2.42. The standard InChI is InChI=1S/C20H26N4O2/c1-13-11-15(7-9-17(13)21-19(25)23(3)4)16-8-10-18(14(2)12-16)22-20(26)24(5)6/h7-12H,1-6H3,(H,21,25)(H,22,26). The van der Waals surface area contributed by atoms with Gasteiger partial charge in [0.25, 0.3) is 0 Å². The van der Waals surface area contributed by atoms with Crippen LogP contribution in [0.5, 0.6) is 0 Å². The highest BCUT2D eigenvalue weighted by Gasteiger charge is 2.10. The second kappa shape index (κ2) is 7.91. The normalized spacial score (nSPS) is 10.2. The van der Waals surface area contributed by atoms with Gasteiger partial charge in [-0.05, 0) is 60.4 Å². The lowest BCUT2D eigenvalue weighted by molar-refractivity contribution is 0.230. The van der Waals surface area contributed by atoms with Crippen LogP contribution >= 0.6 is 0 Å². The summed E-state index contributed by atoms with van der Waals surface area (Å²) < 4.78 is 0. The molecule has 2 aromatic rings. The Kier molecular flexibility index (Phi) is 5.87. The number of aryl methyl sites for hydroxylation is 2. The van der Waals surface area contributed by atoms with E-state index in [0.29, 0.717) is 0 Å². The topological polar surface area (TPSA) is 64.7 Å². The Morgan fingerprint density at radius 2 is 1.04 bits per heavy atom. The lowest BCUT2D eigenvalue weighted by Gasteiger charge is -2.16. The average Bonchev–Trinajstić information content (AvgIpc) is 2.58. The molecule has 0 aliphatic carbocycles. The molecule has 0 spiro atoms. The molecular formula is C20H26N4O2. The highest BCUT2D eigenvalue weighted by molar-refractivity contribution is 5.91. The summed E-state index contributed by atoms with van der Waals surface area (Å²) in [4.78, 5) is 26.6. The maximum atomic E-state index is 11.8. The Bertz CT molecular complexity index is 759. The second-order valence-corrected chi connectivity index (χ2v) is 6.71. The number of hydrogen-bond donors (Lipinski definition) is 2. The van der Waals surface area contributed by atoms with Gasteiger partial charge in [-0.1, -0.05) is 12.1 Å². The van der Waals surface area contributed by atoms with Gasteiger partial charge in [-0.15, -0.1) is 0 Å². The van der Waals surface area contributed by atoms with Gasteiger partial charge >= 0.3 is 12.1 Å². The summed E-state index contributed by atoms with van der Waals surface area (Å²) in [5.74, 6) is 0. The van der Waals surface area contributed by atoms with Gasteiger partial charge < -0.3 is 20.4 Å². The lowest BCUT2D eigenvalue weighted by Crippen LogP contribution is -2.27. The van der Waals surface area contributed by atoms with Crippen molar-refractivity contribution in [1.82, 2.24) is 9.80 Å². The Morgan fingerprint density at radius 3 is 1.31 bits per heavy atom. The highest BCUT2D eigenvalue weighted by Crippen LogP contribution is 2.28. The monoisotopic (exact) mass is 354 g/mol. The van der Waals surface area contributed by atoms with Crippen LogP contribution in [0.1, 0.15) is 11.1 Å². The summed E-state index contributed by atoms with van der Waals surface area (Å²) in [6.07, 6.45) is 0. The van der Waals surface area contributed by atoms with Crippen LogP contribution in [-0.4, -0.2) is 50.1 Å². The quantitative estimate of drug-likeness (QED) is 0.869. The first-order valence-electron chi connectivity index (χ1n) is 8.37. The van der Waals surface area contributed by atoms with E-state index in [9.17, 15) is 9.59 Å². The van der Waals surface area contributed by atoms with Crippen molar-refractivity contribution in [1.29, 1.82) is 0 Å². The molecule has 0 saturated carbocycles. The molecule has 4 amide bonds. The third kappa shape index (κ3) is 4.53. The van der Waals surface area contributed by atoms with Gasteiger partial charge in [0, 0.05) is 39.6 Å². The average molecular weight is 354 g/mol. The van der Waals surface area contributed by atoms with E-state index in [0.717, 1.165) is 33.6 Å². The molecular weight excluding hydrogens is 328 g/mol. The molecule has 0 radical (unpaired) electrons. The fraction of sp³-hybridized carbons (Fsp3) is 0.300. The number of urea groups is 2. The van der Waals surface area contributed by atoms with E-state index in [1.54, 1.807) is 28.2 Å². The Balaban J connectivity index is 2.23. The summed E-state index contributed by atoms with van der Waals surface area (Å²) in [6.45, 7) is 3.93. The highest BCUT2D eigenvalue weighted by atomic mass is 16.2. The summed E-state index contributed by atoms with van der Waals surface area (Å²) in [6, 6.07) is 11.5. The predicted molar refractivity (Wildman–Crippen MR) is 107 cm³/mol. The molecule has 138 valence electrons. The minimum atomic E-state index is -0.155. The van der Waals surface area contributed by atoms with E-state index < -0.39 is 0 Å². The molecule has 0 fully saturated rings. The van der Waals surface area contributed by atoms with E-state index in [-0.39, 0.29) is 12.1 Å². The summed E-state index contributed by atoms with van der Waals surface area (Å²) in [5, 5.41) is 5.75. The molecule has 0 atom stereocenters. The number of rotatable bonds is 3. The van der Waals surface area contributed by atoms with Gasteiger partial charge in [0.15, 0.2) is 0 Å². The largest absolute Gasteiger partial charge is 0.331 e. The first-order valence-corrected chi connectivity index (χ1v) is 8.37. The minimum absolute atomic E-state index is 0.155. The minimum Gasteiger partial charge on any atom is -0.331 e. The van der Waals surface area contributed by atoms with Crippen molar-refractivity contribution >= 4 is 23.4 Å². The van der Waals surface area contributed by atoms with Crippen molar-refractivity contribution in [2.24, 2.45) is 0 Å². The zero-order chi connectivity index (χ0) is 19.4. The molecule has 2 rings (SSSR count). The molecule has 6 nitrogen and oxygen atoms in total. The molecule has 2 N–H and O–H groups in total. The first kappa shape index (κ1) is 19.3. The van der Waals surface area contributed by atoms with Gasteiger partial charge in [-0.25, -0.2) is 9.59 Å². The summed E-state index contributed by atoms with van der Waals surface area (Å²) in [5.41, 5.74) is 5.66. The van der Waals surface area contributed by atoms with Crippen LogP contribution in [0.3, 0.4) is 0 Å².